The van der Waals surface area contributed by atoms with Crippen molar-refractivity contribution in [1.82, 2.24) is 0 Å². The lowest BCUT2D eigenvalue weighted by molar-refractivity contribution is -0.302. The molecule has 0 aromatic carbocycles. The fourth-order valence-electron chi connectivity index (χ4n) is 1.59. The van der Waals surface area contributed by atoms with Gasteiger partial charge >= 0.3 is 0 Å². The largest absolute Gasteiger partial charge is 0.394 e. The van der Waals surface area contributed by atoms with Crippen LogP contribution in [0.4, 0.5) is 0 Å². The fourth-order valence-corrected chi connectivity index (χ4v) is 1.59. The standard InChI is InChI=1S/C11H20O7/c1-2-3-16-4-5-17-11-10(15)9(14)8(13)7(6-12)18-11/h2,7-15H,1,3-6H2/t7-,8-,9+,10-,11?/m1/s1. The van der Waals surface area contributed by atoms with Crippen LogP contribution in [-0.2, 0) is 14.2 Å². The first-order valence-electron chi connectivity index (χ1n) is 5.72. The van der Waals surface area contributed by atoms with Crippen molar-refractivity contribution in [2.45, 2.75) is 30.7 Å². The normalized spacial score (nSPS) is 36.6. The van der Waals surface area contributed by atoms with Crippen LogP contribution in [0.15, 0.2) is 12.7 Å². The molecule has 1 rings (SSSR count). The van der Waals surface area contributed by atoms with E-state index in [1.54, 1.807) is 6.08 Å². The first kappa shape index (κ1) is 15.5. The average Bonchev–Trinajstić information content (AvgIpc) is 2.38. The highest BCUT2D eigenvalue weighted by Crippen LogP contribution is 2.21. The summed E-state index contributed by atoms with van der Waals surface area (Å²) in [5, 5.41) is 37.6. The molecule has 0 radical (unpaired) electrons. The van der Waals surface area contributed by atoms with E-state index in [1.165, 1.54) is 0 Å². The molecule has 1 unspecified atom stereocenters. The number of hydrogen-bond donors (Lipinski definition) is 4. The van der Waals surface area contributed by atoms with Crippen LogP contribution in [0.25, 0.3) is 0 Å². The quantitative estimate of drug-likeness (QED) is 0.311. The van der Waals surface area contributed by atoms with Crippen molar-refractivity contribution < 1.29 is 34.6 Å². The van der Waals surface area contributed by atoms with Crippen molar-refractivity contribution >= 4 is 0 Å². The summed E-state index contributed by atoms with van der Waals surface area (Å²) in [4.78, 5) is 0. The molecule has 1 fully saturated rings. The maximum absolute atomic E-state index is 9.63. The summed E-state index contributed by atoms with van der Waals surface area (Å²) in [6.07, 6.45) is -4.64. The number of aliphatic hydroxyl groups excluding tert-OH is 4. The average molecular weight is 264 g/mol. The second-order valence-electron chi connectivity index (χ2n) is 3.93. The van der Waals surface area contributed by atoms with Crippen molar-refractivity contribution in [1.29, 1.82) is 0 Å². The third kappa shape index (κ3) is 3.99. The van der Waals surface area contributed by atoms with Crippen molar-refractivity contribution in [3.05, 3.63) is 12.7 Å². The van der Waals surface area contributed by atoms with E-state index >= 15 is 0 Å². The van der Waals surface area contributed by atoms with Crippen LogP contribution in [0.5, 0.6) is 0 Å². The van der Waals surface area contributed by atoms with E-state index in [1.807, 2.05) is 0 Å². The Bertz CT molecular complexity index is 246. The van der Waals surface area contributed by atoms with Crippen LogP contribution in [0.1, 0.15) is 0 Å². The van der Waals surface area contributed by atoms with Gasteiger partial charge in [-0.3, -0.25) is 0 Å². The molecule has 7 heteroatoms. The number of hydrogen-bond acceptors (Lipinski definition) is 7. The second-order valence-corrected chi connectivity index (χ2v) is 3.93. The van der Waals surface area contributed by atoms with Gasteiger partial charge < -0.3 is 34.6 Å². The van der Waals surface area contributed by atoms with Crippen molar-refractivity contribution in [3.63, 3.8) is 0 Å². The van der Waals surface area contributed by atoms with Crippen LogP contribution < -0.4 is 0 Å². The Labute approximate surface area is 105 Å². The highest BCUT2D eigenvalue weighted by Gasteiger charge is 2.43. The number of rotatable bonds is 7. The van der Waals surface area contributed by atoms with Crippen LogP contribution in [0, 0.1) is 0 Å². The molecule has 0 saturated carbocycles. The topological polar surface area (TPSA) is 109 Å². The van der Waals surface area contributed by atoms with Crippen LogP contribution >= 0.6 is 0 Å². The Morgan fingerprint density at radius 3 is 2.44 bits per heavy atom. The molecule has 0 aliphatic carbocycles. The van der Waals surface area contributed by atoms with Gasteiger partial charge in [-0.25, -0.2) is 0 Å². The summed E-state index contributed by atoms with van der Waals surface area (Å²) in [5.41, 5.74) is 0. The molecule has 4 N–H and O–H groups in total. The molecule has 18 heavy (non-hydrogen) atoms. The lowest BCUT2D eigenvalue weighted by Gasteiger charge is -2.39. The van der Waals surface area contributed by atoms with Crippen molar-refractivity contribution in [2.75, 3.05) is 26.4 Å². The van der Waals surface area contributed by atoms with Gasteiger partial charge in [0.2, 0.25) is 0 Å². The first-order chi connectivity index (χ1) is 8.61. The SMILES string of the molecule is C=CCOCCOC1O[C@H](CO)[C@@H](O)[C@H](O)[C@H]1O. The Morgan fingerprint density at radius 1 is 1.11 bits per heavy atom. The van der Waals surface area contributed by atoms with E-state index in [4.69, 9.17) is 19.3 Å². The fraction of sp³-hybridized carbons (Fsp3) is 0.818. The molecular weight excluding hydrogens is 244 g/mol. The van der Waals surface area contributed by atoms with Crippen LogP contribution in [0.2, 0.25) is 0 Å². The third-order valence-corrected chi connectivity index (χ3v) is 2.59. The Hall–Kier alpha value is -0.540. The summed E-state index contributed by atoms with van der Waals surface area (Å²) >= 11 is 0. The molecule has 7 nitrogen and oxygen atoms in total. The molecule has 0 aromatic rings. The smallest absolute Gasteiger partial charge is 0.186 e. The zero-order valence-corrected chi connectivity index (χ0v) is 10.0. The van der Waals surface area contributed by atoms with E-state index in [2.05, 4.69) is 6.58 Å². The summed E-state index contributed by atoms with van der Waals surface area (Å²) in [5.74, 6) is 0. The van der Waals surface area contributed by atoms with Gasteiger partial charge in [0.15, 0.2) is 6.29 Å². The highest BCUT2D eigenvalue weighted by atomic mass is 16.7. The molecule has 0 amide bonds. The maximum atomic E-state index is 9.63. The van der Waals surface area contributed by atoms with Gasteiger partial charge in [0.05, 0.1) is 26.4 Å². The summed E-state index contributed by atoms with van der Waals surface area (Å²) < 4.78 is 15.4. The van der Waals surface area contributed by atoms with E-state index in [-0.39, 0.29) is 13.2 Å². The molecular formula is C11H20O7. The minimum atomic E-state index is -1.42. The Kier molecular flexibility index (Phi) is 6.72. The summed E-state index contributed by atoms with van der Waals surface area (Å²) in [6, 6.07) is 0. The lowest BCUT2D eigenvalue weighted by atomic mass is 9.99. The van der Waals surface area contributed by atoms with Crippen molar-refractivity contribution in [2.24, 2.45) is 0 Å². The van der Waals surface area contributed by atoms with Gasteiger partial charge in [-0.15, -0.1) is 6.58 Å². The molecule has 5 atom stereocenters. The van der Waals surface area contributed by atoms with E-state index < -0.39 is 37.3 Å². The van der Waals surface area contributed by atoms with E-state index in [0.29, 0.717) is 6.61 Å². The second kappa shape index (κ2) is 7.80. The van der Waals surface area contributed by atoms with E-state index in [9.17, 15) is 15.3 Å². The van der Waals surface area contributed by atoms with Gasteiger partial charge in [-0.1, -0.05) is 6.08 Å². The molecule has 1 saturated heterocycles. The Balaban J connectivity index is 2.37. The summed E-state index contributed by atoms with van der Waals surface area (Å²) in [6.45, 7) is 3.82. The molecule has 106 valence electrons. The van der Waals surface area contributed by atoms with Gasteiger partial charge in [0.1, 0.15) is 24.4 Å². The van der Waals surface area contributed by atoms with Crippen molar-refractivity contribution in [3.8, 4) is 0 Å². The zero-order valence-electron chi connectivity index (χ0n) is 10.0. The monoisotopic (exact) mass is 264 g/mol. The first-order valence-corrected chi connectivity index (χ1v) is 5.72. The predicted octanol–water partition coefficient (Wildman–Crippen LogP) is -1.99. The van der Waals surface area contributed by atoms with Gasteiger partial charge in [0, 0.05) is 0 Å². The minimum absolute atomic E-state index is 0.149. The third-order valence-electron chi connectivity index (χ3n) is 2.59. The predicted molar refractivity (Wildman–Crippen MR) is 60.7 cm³/mol. The van der Waals surface area contributed by atoms with Crippen LogP contribution in [0.3, 0.4) is 0 Å². The number of ether oxygens (including phenoxy) is 3. The molecule has 1 heterocycles. The molecule has 0 bridgehead atoms. The molecule has 1 aliphatic heterocycles. The lowest BCUT2D eigenvalue weighted by Crippen LogP contribution is -2.59. The zero-order chi connectivity index (χ0) is 13.5. The summed E-state index contributed by atoms with van der Waals surface area (Å²) in [7, 11) is 0. The molecule has 0 aromatic heterocycles. The number of aliphatic hydroxyl groups is 4. The van der Waals surface area contributed by atoms with Gasteiger partial charge in [-0.2, -0.15) is 0 Å². The maximum Gasteiger partial charge on any atom is 0.186 e. The van der Waals surface area contributed by atoms with E-state index in [0.717, 1.165) is 0 Å². The minimum Gasteiger partial charge on any atom is -0.394 e. The highest BCUT2D eigenvalue weighted by molar-refractivity contribution is 4.88. The van der Waals surface area contributed by atoms with Crippen LogP contribution in [-0.4, -0.2) is 77.6 Å². The Morgan fingerprint density at radius 2 is 1.83 bits per heavy atom. The molecule has 0 spiro atoms. The van der Waals surface area contributed by atoms with Gasteiger partial charge in [-0.05, 0) is 0 Å². The molecule has 1 aliphatic rings. The van der Waals surface area contributed by atoms with Gasteiger partial charge in [0.25, 0.3) is 0 Å².